The van der Waals surface area contributed by atoms with E-state index in [4.69, 9.17) is 5.73 Å². The number of nitrogens with two attached hydrogens (primary N) is 1. The molecule has 1 unspecified atom stereocenters. The maximum absolute atomic E-state index is 13.0. The summed E-state index contributed by atoms with van der Waals surface area (Å²) in [6.45, 7) is 1.80. The van der Waals surface area contributed by atoms with Gasteiger partial charge < -0.3 is 5.73 Å². The molecule has 0 fully saturated rings. The van der Waals surface area contributed by atoms with Gasteiger partial charge in [-0.05, 0) is 24.6 Å². The fourth-order valence-electron chi connectivity index (χ4n) is 1.55. The summed E-state index contributed by atoms with van der Waals surface area (Å²) in [6, 6.07) is 1.30. The summed E-state index contributed by atoms with van der Waals surface area (Å²) < 4.78 is 50.4. The molecule has 2 nitrogen and oxygen atoms in total. The van der Waals surface area contributed by atoms with Crippen molar-refractivity contribution >= 4 is 5.78 Å². The molecule has 6 heteroatoms. The van der Waals surface area contributed by atoms with E-state index >= 15 is 0 Å². The molecule has 0 aromatic heterocycles. The van der Waals surface area contributed by atoms with Gasteiger partial charge in [-0.1, -0.05) is 13.3 Å². The van der Waals surface area contributed by atoms with Gasteiger partial charge in [0.05, 0.1) is 11.6 Å². The molecule has 0 spiro atoms. The molecule has 1 rings (SSSR count). The molecule has 0 bridgehead atoms. The average Bonchev–Trinajstić information content (AvgIpc) is 2.27. The first-order valence-corrected chi connectivity index (χ1v) is 5.44. The van der Waals surface area contributed by atoms with Crippen LogP contribution in [0, 0.1) is 5.82 Å². The van der Waals surface area contributed by atoms with Crippen LogP contribution in [0.5, 0.6) is 0 Å². The van der Waals surface area contributed by atoms with Crippen LogP contribution in [0.1, 0.15) is 35.7 Å². The third kappa shape index (κ3) is 3.29. The zero-order valence-corrected chi connectivity index (χ0v) is 9.72. The number of carbonyl (C=O) groups is 1. The maximum atomic E-state index is 13.0. The molecule has 0 heterocycles. The van der Waals surface area contributed by atoms with E-state index in [2.05, 4.69) is 0 Å². The number of hydrogen-bond donors (Lipinski definition) is 1. The molecule has 0 amide bonds. The van der Waals surface area contributed by atoms with E-state index in [-0.39, 0.29) is 5.56 Å². The van der Waals surface area contributed by atoms with Crippen molar-refractivity contribution in [3.05, 3.63) is 35.1 Å². The first-order valence-electron chi connectivity index (χ1n) is 5.44. The Labute approximate surface area is 102 Å². The molecule has 100 valence electrons. The first-order chi connectivity index (χ1) is 8.27. The summed E-state index contributed by atoms with van der Waals surface area (Å²) in [5, 5.41) is 0. The molecular formula is C12H13F4NO. The van der Waals surface area contributed by atoms with Gasteiger partial charge in [-0.2, -0.15) is 13.2 Å². The number of Topliss-reactive ketones (excluding diaryl/α,β-unsaturated/α-hetero) is 1. The molecule has 0 aliphatic carbocycles. The largest absolute Gasteiger partial charge is 0.419 e. The molecule has 0 aliphatic heterocycles. The summed E-state index contributed by atoms with van der Waals surface area (Å²) in [4.78, 5) is 11.7. The van der Waals surface area contributed by atoms with Crippen molar-refractivity contribution < 1.29 is 22.4 Å². The molecular weight excluding hydrogens is 250 g/mol. The van der Waals surface area contributed by atoms with Crippen LogP contribution >= 0.6 is 0 Å². The van der Waals surface area contributed by atoms with Crippen molar-refractivity contribution in [2.24, 2.45) is 5.73 Å². The molecule has 0 saturated heterocycles. The van der Waals surface area contributed by atoms with E-state index in [1.165, 1.54) is 0 Å². The predicted molar refractivity (Wildman–Crippen MR) is 58.6 cm³/mol. The number of hydrogen-bond acceptors (Lipinski definition) is 2. The zero-order valence-electron chi connectivity index (χ0n) is 9.72. The fraction of sp³-hybridized carbons (Fsp3) is 0.417. The van der Waals surface area contributed by atoms with Crippen molar-refractivity contribution in [3.63, 3.8) is 0 Å². The van der Waals surface area contributed by atoms with Crippen molar-refractivity contribution in [2.45, 2.75) is 32.0 Å². The predicted octanol–water partition coefficient (Wildman–Crippen LogP) is 3.15. The standard InChI is InChI=1S/C12H13F4NO/c1-2-3-10(17)11(18)7-4-5-9(13)8(6-7)12(14,15)16/h4-6,10H,2-3,17H2,1H3. The maximum Gasteiger partial charge on any atom is 0.419 e. The Hall–Kier alpha value is -1.43. The molecule has 0 saturated carbocycles. The second-order valence-corrected chi connectivity index (χ2v) is 3.95. The quantitative estimate of drug-likeness (QED) is 0.669. The van der Waals surface area contributed by atoms with Gasteiger partial charge in [0.25, 0.3) is 0 Å². The lowest BCUT2D eigenvalue weighted by Gasteiger charge is -2.12. The summed E-state index contributed by atoms with van der Waals surface area (Å²) in [5.74, 6) is -2.01. The van der Waals surface area contributed by atoms with Gasteiger partial charge in [0.15, 0.2) is 5.78 Å². The highest BCUT2D eigenvalue weighted by Gasteiger charge is 2.34. The third-order valence-corrected chi connectivity index (χ3v) is 2.49. The van der Waals surface area contributed by atoms with Gasteiger partial charge in [-0.3, -0.25) is 4.79 Å². The minimum Gasteiger partial charge on any atom is -0.321 e. The molecule has 1 atom stereocenters. The highest BCUT2D eigenvalue weighted by atomic mass is 19.4. The van der Waals surface area contributed by atoms with Crippen molar-refractivity contribution in [1.82, 2.24) is 0 Å². The van der Waals surface area contributed by atoms with Gasteiger partial charge in [0, 0.05) is 5.56 Å². The lowest BCUT2D eigenvalue weighted by molar-refractivity contribution is -0.140. The van der Waals surface area contributed by atoms with E-state index in [1.807, 2.05) is 0 Å². The summed E-state index contributed by atoms with van der Waals surface area (Å²) in [5.41, 5.74) is 3.87. The normalized spacial score (nSPS) is 13.4. The van der Waals surface area contributed by atoms with Gasteiger partial charge >= 0.3 is 6.18 Å². The second kappa shape index (κ2) is 5.48. The van der Waals surface area contributed by atoms with E-state index in [9.17, 15) is 22.4 Å². The average molecular weight is 263 g/mol. The van der Waals surface area contributed by atoms with Gasteiger partial charge in [0.2, 0.25) is 0 Å². The van der Waals surface area contributed by atoms with Gasteiger partial charge in [-0.25, -0.2) is 4.39 Å². The molecule has 1 aromatic rings. The SMILES string of the molecule is CCCC(N)C(=O)c1ccc(F)c(C(F)(F)F)c1. The van der Waals surface area contributed by atoms with Crippen LogP contribution in [-0.4, -0.2) is 11.8 Å². The molecule has 2 N–H and O–H groups in total. The summed E-state index contributed by atoms with van der Waals surface area (Å²) in [6.07, 6.45) is -3.81. The number of rotatable bonds is 4. The minimum atomic E-state index is -4.82. The van der Waals surface area contributed by atoms with Crippen LogP contribution in [0.4, 0.5) is 17.6 Å². The van der Waals surface area contributed by atoms with Crippen molar-refractivity contribution in [3.8, 4) is 0 Å². The van der Waals surface area contributed by atoms with Crippen molar-refractivity contribution in [2.75, 3.05) is 0 Å². The van der Waals surface area contributed by atoms with Crippen LogP contribution in [-0.2, 0) is 6.18 Å². The van der Waals surface area contributed by atoms with E-state index in [1.54, 1.807) is 6.92 Å². The molecule has 0 radical (unpaired) electrons. The molecule has 0 aliphatic rings. The number of benzene rings is 1. The van der Waals surface area contributed by atoms with E-state index < -0.39 is 29.4 Å². The highest BCUT2D eigenvalue weighted by Crippen LogP contribution is 2.32. The van der Waals surface area contributed by atoms with Gasteiger partial charge in [-0.15, -0.1) is 0 Å². The Morgan fingerprint density at radius 2 is 2.00 bits per heavy atom. The number of ketones is 1. The summed E-state index contributed by atoms with van der Waals surface area (Å²) in [7, 11) is 0. The Balaban J connectivity index is 3.09. The second-order valence-electron chi connectivity index (χ2n) is 3.95. The van der Waals surface area contributed by atoms with E-state index in [0.717, 1.165) is 6.07 Å². The van der Waals surface area contributed by atoms with Gasteiger partial charge in [0.1, 0.15) is 5.82 Å². The van der Waals surface area contributed by atoms with Crippen LogP contribution in [0.15, 0.2) is 18.2 Å². The Bertz CT molecular complexity index is 442. The molecule has 18 heavy (non-hydrogen) atoms. The highest BCUT2D eigenvalue weighted by molar-refractivity contribution is 6.00. The Morgan fingerprint density at radius 3 is 2.50 bits per heavy atom. The smallest absolute Gasteiger partial charge is 0.321 e. The van der Waals surface area contributed by atoms with Crippen LogP contribution < -0.4 is 5.73 Å². The van der Waals surface area contributed by atoms with Crippen LogP contribution in [0.25, 0.3) is 0 Å². The summed E-state index contributed by atoms with van der Waals surface area (Å²) >= 11 is 0. The zero-order chi connectivity index (χ0) is 13.9. The van der Waals surface area contributed by atoms with Crippen molar-refractivity contribution in [1.29, 1.82) is 0 Å². The first kappa shape index (κ1) is 14.6. The van der Waals surface area contributed by atoms with Crippen LogP contribution in [0.2, 0.25) is 0 Å². The minimum absolute atomic E-state index is 0.218. The Kier molecular flexibility index (Phi) is 4.45. The topological polar surface area (TPSA) is 43.1 Å². The lowest BCUT2D eigenvalue weighted by atomic mass is 9.99. The monoisotopic (exact) mass is 263 g/mol. The molecule has 1 aromatic carbocycles. The third-order valence-electron chi connectivity index (χ3n) is 2.49. The fourth-order valence-corrected chi connectivity index (χ4v) is 1.55. The van der Waals surface area contributed by atoms with Crippen LogP contribution in [0.3, 0.4) is 0 Å². The number of halogens is 4. The Morgan fingerprint density at radius 1 is 1.39 bits per heavy atom. The number of alkyl halides is 3. The lowest BCUT2D eigenvalue weighted by Crippen LogP contribution is -2.30. The van der Waals surface area contributed by atoms with E-state index in [0.29, 0.717) is 25.0 Å². The number of carbonyl (C=O) groups excluding carboxylic acids is 1.